The van der Waals surface area contributed by atoms with E-state index in [-0.39, 0.29) is 49.4 Å². The van der Waals surface area contributed by atoms with Crippen molar-refractivity contribution in [2.24, 2.45) is 0 Å². The molecule has 20 nitrogen and oxygen atoms in total. The highest BCUT2D eigenvalue weighted by Crippen LogP contribution is 2.33. The first-order valence-corrected chi connectivity index (χ1v) is 24.2. The van der Waals surface area contributed by atoms with E-state index >= 15 is 0 Å². The number of benzene rings is 3. The van der Waals surface area contributed by atoms with E-state index in [0.717, 1.165) is 5.56 Å². The maximum absolute atomic E-state index is 14.8. The van der Waals surface area contributed by atoms with Gasteiger partial charge < -0.3 is 49.6 Å². The van der Waals surface area contributed by atoms with Crippen LogP contribution in [0.3, 0.4) is 0 Å². The number of aromatic nitrogens is 4. The summed E-state index contributed by atoms with van der Waals surface area (Å²) in [5.41, 5.74) is 0.875. The molecule has 4 heterocycles. The Kier molecular flexibility index (Phi) is 16.2. The molecular formula is C52H66N12O8. The van der Waals surface area contributed by atoms with Crippen LogP contribution >= 0.6 is 0 Å². The van der Waals surface area contributed by atoms with Crippen LogP contribution in [0.4, 0.5) is 44.5 Å². The molecule has 3 N–H and O–H groups in total. The molecule has 0 fully saturated rings. The van der Waals surface area contributed by atoms with E-state index in [0.29, 0.717) is 66.4 Å². The Labute approximate surface area is 421 Å². The van der Waals surface area contributed by atoms with Gasteiger partial charge in [0.25, 0.3) is 11.8 Å². The third kappa shape index (κ3) is 13.1. The van der Waals surface area contributed by atoms with Gasteiger partial charge in [-0.1, -0.05) is 42.5 Å². The molecule has 2 unspecified atom stereocenters. The van der Waals surface area contributed by atoms with Crippen molar-refractivity contribution >= 4 is 58.9 Å². The second-order valence-corrected chi connectivity index (χ2v) is 19.3. The van der Waals surface area contributed by atoms with E-state index in [4.69, 9.17) is 23.9 Å². The smallest absolute Gasteiger partial charge is 0.429 e. The van der Waals surface area contributed by atoms with Crippen LogP contribution in [-0.4, -0.2) is 126 Å². The molecule has 7 rings (SSSR count). The minimum absolute atomic E-state index is 0.0405. The molecule has 0 saturated heterocycles. The molecule has 382 valence electrons. The lowest BCUT2D eigenvalue weighted by atomic mass is 10.1. The van der Waals surface area contributed by atoms with Crippen molar-refractivity contribution in [2.45, 2.75) is 85.7 Å². The quantitative estimate of drug-likeness (QED) is 0.0857. The zero-order valence-corrected chi connectivity index (χ0v) is 42.8. The summed E-state index contributed by atoms with van der Waals surface area (Å²) in [7, 11) is 1.89. The highest BCUT2D eigenvalue weighted by Gasteiger charge is 2.37. The number of carbonyl (C=O) groups excluding carboxylic acids is 4. The minimum atomic E-state index is -0.892. The molecular weight excluding hydrogens is 921 g/mol. The number of anilines is 6. The van der Waals surface area contributed by atoms with Crippen LogP contribution in [0.2, 0.25) is 0 Å². The van der Waals surface area contributed by atoms with E-state index in [1.54, 1.807) is 98.9 Å². The van der Waals surface area contributed by atoms with Gasteiger partial charge in [0.2, 0.25) is 11.9 Å². The Balaban J connectivity index is 1.16. The number of alkyl carbamates (subject to hydrolysis) is 1. The highest BCUT2D eigenvalue weighted by atomic mass is 16.6. The predicted molar refractivity (Wildman–Crippen MR) is 276 cm³/mol. The molecule has 5 aromatic rings. The highest BCUT2D eigenvalue weighted by molar-refractivity contribution is 6.10. The Morgan fingerprint density at radius 1 is 0.694 bits per heavy atom. The van der Waals surface area contributed by atoms with Gasteiger partial charge in [0, 0.05) is 75.7 Å². The zero-order valence-electron chi connectivity index (χ0n) is 42.8. The molecule has 2 aliphatic heterocycles. The van der Waals surface area contributed by atoms with Gasteiger partial charge >= 0.3 is 12.2 Å². The van der Waals surface area contributed by atoms with Gasteiger partial charge in [-0.2, -0.15) is 9.97 Å². The maximum Gasteiger partial charge on any atom is 0.429 e. The molecule has 3 aromatic carbocycles. The van der Waals surface area contributed by atoms with Crippen LogP contribution in [0.25, 0.3) is 0 Å². The number of fused-ring (bicyclic) bond motifs is 2. The molecule has 0 spiro atoms. The van der Waals surface area contributed by atoms with Crippen molar-refractivity contribution in [1.29, 1.82) is 0 Å². The number of amides is 4. The largest absolute Gasteiger partial charge is 0.489 e. The van der Waals surface area contributed by atoms with E-state index in [1.165, 1.54) is 11.2 Å². The van der Waals surface area contributed by atoms with Crippen molar-refractivity contribution in [3.05, 3.63) is 108 Å². The number of nitrogens with one attached hydrogen (secondary N) is 3. The second-order valence-electron chi connectivity index (χ2n) is 19.3. The predicted octanol–water partition coefficient (Wildman–Crippen LogP) is 7.96. The Morgan fingerprint density at radius 2 is 1.24 bits per heavy atom. The number of nitrogens with zero attached hydrogens (tertiary/aromatic N) is 9. The van der Waals surface area contributed by atoms with E-state index in [1.807, 2.05) is 75.2 Å². The van der Waals surface area contributed by atoms with Crippen LogP contribution in [0, 0.1) is 0 Å². The first-order chi connectivity index (χ1) is 34.3. The number of rotatable bonds is 16. The van der Waals surface area contributed by atoms with Crippen molar-refractivity contribution in [1.82, 2.24) is 30.3 Å². The summed E-state index contributed by atoms with van der Waals surface area (Å²) >= 11 is 0. The van der Waals surface area contributed by atoms with Crippen molar-refractivity contribution in [2.75, 3.05) is 89.7 Å². The zero-order chi connectivity index (χ0) is 51.7. The van der Waals surface area contributed by atoms with Crippen molar-refractivity contribution in [3.8, 4) is 11.5 Å². The Morgan fingerprint density at radius 3 is 1.81 bits per heavy atom. The van der Waals surface area contributed by atoms with Gasteiger partial charge in [0.15, 0.2) is 5.82 Å². The number of likely N-dealkylation sites (N-methyl/N-ethyl adjacent to an activating group) is 1. The average Bonchev–Trinajstić information content (AvgIpc) is 3.54. The molecule has 2 aromatic heterocycles. The molecule has 20 heteroatoms. The van der Waals surface area contributed by atoms with Crippen molar-refractivity contribution in [3.63, 3.8) is 0 Å². The summed E-state index contributed by atoms with van der Waals surface area (Å²) in [5, 5.41) is 12.1. The molecule has 0 bridgehead atoms. The van der Waals surface area contributed by atoms with Crippen molar-refractivity contribution < 1.29 is 38.1 Å². The second kappa shape index (κ2) is 22.5. The van der Waals surface area contributed by atoms with Gasteiger partial charge in [-0.05, 0) is 92.1 Å². The van der Waals surface area contributed by atoms with E-state index in [9.17, 15) is 19.2 Å². The van der Waals surface area contributed by atoms with Gasteiger partial charge in [-0.25, -0.2) is 24.6 Å². The van der Waals surface area contributed by atoms with Gasteiger partial charge in [0.1, 0.15) is 51.9 Å². The topological polar surface area (TPSA) is 209 Å². The molecule has 4 amide bonds. The summed E-state index contributed by atoms with van der Waals surface area (Å²) in [4.78, 5) is 79.5. The molecule has 0 radical (unpaired) electrons. The Bertz CT molecular complexity index is 2710. The molecule has 0 aliphatic carbocycles. The molecule has 72 heavy (non-hydrogen) atoms. The van der Waals surface area contributed by atoms with Crippen LogP contribution in [0.1, 0.15) is 94.7 Å². The van der Waals surface area contributed by atoms with Crippen LogP contribution < -0.4 is 45.1 Å². The third-order valence-electron chi connectivity index (χ3n) is 11.2. The lowest BCUT2D eigenvalue weighted by Crippen LogP contribution is -2.53. The summed E-state index contributed by atoms with van der Waals surface area (Å²) in [6.45, 7) is 18.7. The maximum atomic E-state index is 14.8. The lowest BCUT2D eigenvalue weighted by Gasteiger charge is -2.37. The first kappa shape index (κ1) is 51.9. The average molecular weight is 987 g/mol. The fourth-order valence-corrected chi connectivity index (χ4v) is 8.00. The van der Waals surface area contributed by atoms with E-state index < -0.39 is 41.5 Å². The molecule has 2 atom stereocenters. The van der Waals surface area contributed by atoms with Crippen LogP contribution in [-0.2, 0) is 9.47 Å². The van der Waals surface area contributed by atoms with Gasteiger partial charge in [-0.3, -0.25) is 14.6 Å². The third-order valence-corrected chi connectivity index (χ3v) is 11.2. The number of ether oxygens (including phenoxy) is 4. The first-order valence-electron chi connectivity index (χ1n) is 24.2. The summed E-state index contributed by atoms with van der Waals surface area (Å²) in [6, 6.07) is 23.8. The standard InChI is InChI=1S/C52H66N12O8/c1-11-53-47-55-30-40-43(58-47)60(10)24-25-61(45(40)65)36-20-16-22-38(28-36)69-34(3)33-64(50(68)72-52(7,8)9)63-27-26-62(46(66)41-31-56-48(54-12-2)59-44(41)63)37-21-17-23-39(29-37)70-42(35-18-14-13-15-19-35)32-57-49(67)71-51(4,5)6/h13-23,28-31,34,42H,11-12,24-27,32-33H2,1-10H3,(H,57,67)(H,53,55,58)(H,54,56,59). The fourth-order valence-electron chi connectivity index (χ4n) is 8.00. The summed E-state index contributed by atoms with van der Waals surface area (Å²) in [5.74, 6) is 1.68. The van der Waals surface area contributed by atoms with E-state index in [2.05, 4.69) is 30.9 Å². The summed E-state index contributed by atoms with van der Waals surface area (Å²) in [6.07, 6.45) is 0.457. The number of carbonyl (C=O) groups is 4. The number of hydrogen-bond acceptors (Lipinski definition) is 16. The lowest BCUT2D eigenvalue weighted by molar-refractivity contribution is 0.0150. The van der Waals surface area contributed by atoms with Gasteiger partial charge in [-0.15, -0.1) is 0 Å². The molecule has 2 aliphatic rings. The molecule has 0 saturated carbocycles. The fraction of sp³-hybridized carbons (Fsp3) is 0.423. The van der Waals surface area contributed by atoms with Crippen LogP contribution in [0.15, 0.2) is 91.3 Å². The number of hydrogen-bond donors (Lipinski definition) is 3. The van der Waals surface area contributed by atoms with Gasteiger partial charge in [0.05, 0.1) is 19.6 Å². The Hall–Kier alpha value is -7.90. The van der Waals surface area contributed by atoms with Crippen LogP contribution in [0.5, 0.6) is 11.5 Å². The number of hydrazine groups is 1. The summed E-state index contributed by atoms with van der Waals surface area (Å²) < 4.78 is 24.6. The minimum Gasteiger partial charge on any atom is -0.489 e. The monoisotopic (exact) mass is 987 g/mol. The normalized spacial score (nSPS) is 14.8. The SMILES string of the molecule is CCNc1ncc2c(n1)N(C)CCN(c1cccc(OC(C)CN(C(=O)OC(C)(C)C)N3CCN(c4cccc(OC(CNC(=O)OC(C)(C)C)c5ccccc5)c4)C(=O)c4cnc(NCC)nc43)c1)C2=O.